The number of likely N-dealkylation sites (tertiary alicyclic amines) is 1. The molecule has 1 aliphatic heterocycles. The number of nitrogen functional groups attached to an aromatic ring is 1. The minimum absolute atomic E-state index is 0.0346. The molecule has 1 aliphatic rings. The van der Waals surface area contributed by atoms with Gasteiger partial charge in [-0.1, -0.05) is 6.92 Å². The van der Waals surface area contributed by atoms with Crippen LogP contribution < -0.4 is 11.3 Å². The van der Waals surface area contributed by atoms with Gasteiger partial charge in [-0.2, -0.15) is 13.2 Å². The number of rotatable bonds is 3. The van der Waals surface area contributed by atoms with Crippen molar-refractivity contribution in [2.24, 2.45) is 5.84 Å². The Morgan fingerprint density at radius 1 is 1.48 bits per heavy atom. The van der Waals surface area contributed by atoms with Gasteiger partial charge in [0, 0.05) is 12.6 Å². The lowest BCUT2D eigenvalue weighted by atomic mass is 10.1. The van der Waals surface area contributed by atoms with Crippen LogP contribution in [-0.4, -0.2) is 23.4 Å². The summed E-state index contributed by atoms with van der Waals surface area (Å²) in [6, 6.07) is 3.04. The van der Waals surface area contributed by atoms with E-state index in [0.29, 0.717) is 6.54 Å². The first-order valence-electron chi connectivity index (χ1n) is 6.87. The number of benzene rings is 1. The van der Waals surface area contributed by atoms with Crippen molar-refractivity contribution in [2.75, 3.05) is 12.0 Å². The summed E-state index contributed by atoms with van der Waals surface area (Å²) in [5, 5.41) is 0. The number of carbonyl (C=O) groups is 1. The van der Waals surface area contributed by atoms with Gasteiger partial charge in [-0.3, -0.25) is 10.6 Å². The number of hydrogen-bond donors (Lipinski definition) is 2. The molecule has 0 aromatic heterocycles. The smallest absolute Gasteiger partial charge is 0.336 e. The molecule has 0 radical (unpaired) electrons. The lowest BCUT2D eigenvalue weighted by molar-refractivity contribution is -0.137. The number of halogens is 3. The molecule has 116 valence electrons. The molecule has 21 heavy (non-hydrogen) atoms. The van der Waals surface area contributed by atoms with Crippen LogP contribution in [0.2, 0.25) is 0 Å². The zero-order chi connectivity index (χ0) is 15.6. The highest BCUT2D eigenvalue weighted by atomic mass is 19.4. The van der Waals surface area contributed by atoms with E-state index in [1.54, 1.807) is 4.90 Å². The molecule has 1 heterocycles. The summed E-state index contributed by atoms with van der Waals surface area (Å²) in [6.45, 7) is 2.53. The van der Waals surface area contributed by atoms with E-state index in [-0.39, 0.29) is 17.3 Å². The molecule has 1 aromatic carbocycles. The monoisotopic (exact) mass is 301 g/mol. The van der Waals surface area contributed by atoms with Crippen molar-refractivity contribution in [1.29, 1.82) is 0 Å². The molecule has 0 spiro atoms. The summed E-state index contributed by atoms with van der Waals surface area (Å²) >= 11 is 0. The van der Waals surface area contributed by atoms with Crippen LogP contribution in [0, 0.1) is 0 Å². The Balaban J connectivity index is 2.39. The van der Waals surface area contributed by atoms with Gasteiger partial charge in [0.2, 0.25) is 0 Å². The number of hydrazine groups is 1. The number of anilines is 1. The Hall–Kier alpha value is -1.76. The van der Waals surface area contributed by atoms with Crippen LogP contribution in [0.15, 0.2) is 18.2 Å². The van der Waals surface area contributed by atoms with Gasteiger partial charge >= 0.3 is 6.18 Å². The van der Waals surface area contributed by atoms with Gasteiger partial charge < -0.3 is 10.3 Å². The highest BCUT2D eigenvalue weighted by Crippen LogP contribution is 2.33. The highest BCUT2D eigenvalue weighted by Gasteiger charge is 2.34. The van der Waals surface area contributed by atoms with Crippen LogP contribution in [0.5, 0.6) is 0 Å². The van der Waals surface area contributed by atoms with Crippen molar-refractivity contribution >= 4 is 11.6 Å². The minimum atomic E-state index is -4.49. The molecule has 7 heteroatoms. The molecule has 4 nitrogen and oxygen atoms in total. The molecular weight excluding hydrogens is 283 g/mol. The Morgan fingerprint density at radius 2 is 2.19 bits per heavy atom. The summed E-state index contributed by atoms with van der Waals surface area (Å²) < 4.78 is 38.4. The largest absolute Gasteiger partial charge is 0.416 e. The maximum atomic E-state index is 12.8. The highest BCUT2D eigenvalue weighted by molar-refractivity contribution is 6.00. The molecule has 0 bridgehead atoms. The predicted octanol–water partition coefficient (Wildman–Crippen LogP) is 3.01. The quantitative estimate of drug-likeness (QED) is 0.666. The second kappa shape index (κ2) is 5.93. The van der Waals surface area contributed by atoms with E-state index in [1.807, 2.05) is 6.92 Å². The van der Waals surface area contributed by atoms with Crippen molar-refractivity contribution in [3.8, 4) is 0 Å². The van der Waals surface area contributed by atoms with Crippen LogP contribution >= 0.6 is 0 Å². The van der Waals surface area contributed by atoms with E-state index in [9.17, 15) is 18.0 Å². The second-order valence-electron chi connectivity index (χ2n) is 5.11. The van der Waals surface area contributed by atoms with Crippen LogP contribution in [0.3, 0.4) is 0 Å². The van der Waals surface area contributed by atoms with E-state index < -0.39 is 17.6 Å². The summed E-state index contributed by atoms with van der Waals surface area (Å²) in [4.78, 5) is 14.2. The Kier molecular flexibility index (Phi) is 4.41. The molecule has 2 rings (SSSR count). The van der Waals surface area contributed by atoms with Gasteiger partial charge in [-0.25, -0.2) is 0 Å². The number of alkyl halides is 3. The third-order valence-electron chi connectivity index (χ3n) is 3.84. The third kappa shape index (κ3) is 3.12. The number of nitrogens with one attached hydrogen (secondary N) is 1. The zero-order valence-electron chi connectivity index (χ0n) is 11.7. The van der Waals surface area contributed by atoms with Crippen molar-refractivity contribution in [3.05, 3.63) is 29.3 Å². The normalized spacial score (nSPS) is 18.9. The van der Waals surface area contributed by atoms with Gasteiger partial charge in [0.1, 0.15) is 0 Å². The summed E-state index contributed by atoms with van der Waals surface area (Å²) in [6.07, 6.45) is -1.95. The molecule has 1 aromatic rings. The summed E-state index contributed by atoms with van der Waals surface area (Å²) in [5.41, 5.74) is 1.62. The molecule has 1 saturated heterocycles. The van der Waals surface area contributed by atoms with E-state index in [1.165, 1.54) is 6.07 Å². The number of hydrogen-bond acceptors (Lipinski definition) is 3. The van der Waals surface area contributed by atoms with E-state index >= 15 is 0 Å². The van der Waals surface area contributed by atoms with Crippen molar-refractivity contribution in [1.82, 2.24) is 4.90 Å². The third-order valence-corrected chi connectivity index (χ3v) is 3.84. The molecule has 1 unspecified atom stereocenters. The average Bonchev–Trinajstić information content (AvgIpc) is 2.93. The molecule has 1 fully saturated rings. The minimum Gasteiger partial charge on any atom is -0.336 e. The SMILES string of the molecule is CCC1CCCN1C(=O)c1cc(C(F)(F)F)ccc1NN. The maximum Gasteiger partial charge on any atom is 0.416 e. The van der Waals surface area contributed by atoms with Crippen LogP contribution in [0.1, 0.15) is 42.1 Å². The fraction of sp³-hybridized carbons (Fsp3) is 0.500. The molecule has 0 aliphatic carbocycles. The number of amides is 1. The topological polar surface area (TPSA) is 58.4 Å². The van der Waals surface area contributed by atoms with Gasteiger partial charge in [0.05, 0.1) is 16.8 Å². The summed E-state index contributed by atoms with van der Waals surface area (Å²) in [5.74, 6) is 4.91. The van der Waals surface area contributed by atoms with E-state index in [0.717, 1.165) is 31.4 Å². The lowest BCUT2D eigenvalue weighted by Crippen LogP contribution is -2.35. The number of nitrogens with zero attached hydrogens (tertiary/aromatic N) is 1. The standard InChI is InChI=1S/C14H18F3N3O/c1-2-10-4-3-7-20(10)13(21)11-8-9(14(15,16)17)5-6-12(11)19-18/h5-6,8,10,19H,2-4,7,18H2,1H3. The first-order valence-corrected chi connectivity index (χ1v) is 6.87. The fourth-order valence-electron chi connectivity index (χ4n) is 2.71. The number of nitrogens with two attached hydrogens (primary N) is 1. The van der Waals surface area contributed by atoms with Gasteiger partial charge in [0.25, 0.3) is 5.91 Å². The van der Waals surface area contributed by atoms with Gasteiger partial charge in [-0.15, -0.1) is 0 Å². The zero-order valence-corrected chi connectivity index (χ0v) is 11.7. The molecule has 3 N–H and O–H groups in total. The predicted molar refractivity (Wildman–Crippen MR) is 73.6 cm³/mol. The van der Waals surface area contributed by atoms with Crippen LogP contribution in [0.4, 0.5) is 18.9 Å². The average molecular weight is 301 g/mol. The lowest BCUT2D eigenvalue weighted by Gasteiger charge is -2.25. The van der Waals surface area contributed by atoms with Gasteiger partial charge in [-0.05, 0) is 37.5 Å². The molecular formula is C14H18F3N3O. The van der Waals surface area contributed by atoms with Crippen LogP contribution in [-0.2, 0) is 6.18 Å². The van der Waals surface area contributed by atoms with E-state index in [2.05, 4.69) is 5.43 Å². The molecule has 1 atom stereocenters. The van der Waals surface area contributed by atoms with Crippen molar-refractivity contribution < 1.29 is 18.0 Å². The molecule has 1 amide bonds. The Bertz CT molecular complexity index is 531. The van der Waals surface area contributed by atoms with Crippen molar-refractivity contribution in [3.63, 3.8) is 0 Å². The fourth-order valence-corrected chi connectivity index (χ4v) is 2.71. The molecule has 0 saturated carbocycles. The second-order valence-corrected chi connectivity index (χ2v) is 5.11. The Labute approximate surface area is 121 Å². The first-order chi connectivity index (χ1) is 9.88. The number of carbonyl (C=O) groups excluding carboxylic acids is 1. The summed E-state index contributed by atoms with van der Waals surface area (Å²) in [7, 11) is 0. The van der Waals surface area contributed by atoms with Crippen molar-refractivity contribution in [2.45, 2.75) is 38.4 Å². The Morgan fingerprint density at radius 3 is 2.76 bits per heavy atom. The maximum absolute atomic E-state index is 12.8. The van der Waals surface area contributed by atoms with Gasteiger partial charge in [0.15, 0.2) is 0 Å². The first kappa shape index (κ1) is 15.6. The van der Waals surface area contributed by atoms with Crippen LogP contribution in [0.25, 0.3) is 0 Å². The van der Waals surface area contributed by atoms with E-state index in [4.69, 9.17) is 5.84 Å².